The zero-order valence-electron chi connectivity index (χ0n) is 9.89. The number of nitrogens with zero attached hydrogens (tertiary/aromatic N) is 1. The van der Waals surface area contributed by atoms with E-state index in [4.69, 9.17) is 0 Å². The van der Waals surface area contributed by atoms with Gasteiger partial charge in [0.25, 0.3) is 0 Å². The predicted molar refractivity (Wildman–Crippen MR) is 61.1 cm³/mol. The van der Waals surface area contributed by atoms with E-state index in [1.165, 1.54) is 0 Å². The largest absolute Gasteiger partial charge is 1.00 e. The van der Waals surface area contributed by atoms with Crippen molar-refractivity contribution in [3.8, 4) is 0 Å². The van der Waals surface area contributed by atoms with Crippen LogP contribution in [0.25, 0.3) is 0 Å². The standard InChI is InChI=1S/C9H16BF3NS.K/c1-8-5-14(3-4-15-7-8)6-9(2)10(11,12)13;/h8H,2-7H2,1H3;/q-1;+1. The molecule has 1 rings (SSSR count). The van der Waals surface area contributed by atoms with Crippen LogP contribution in [-0.4, -0.2) is 43.0 Å². The van der Waals surface area contributed by atoms with Gasteiger partial charge in [0.15, 0.2) is 0 Å². The Kier molecular flexibility index (Phi) is 8.62. The van der Waals surface area contributed by atoms with E-state index in [9.17, 15) is 12.9 Å². The number of halogens is 3. The molecule has 1 nitrogen and oxygen atoms in total. The van der Waals surface area contributed by atoms with Crippen molar-refractivity contribution in [3.63, 3.8) is 0 Å². The first-order valence-corrected chi connectivity index (χ1v) is 6.23. The quantitative estimate of drug-likeness (QED) is 0.647. The second-order valence-corrected chi connectivity index (χ2v) is 5.30. The molecule has 1 fully saturated rings. The minimum atomic E-state index is -4.87. The van der Waals surface area contributed by atoms with Gasteiger partial charge in [-0.25, -0.2) is 0 Å². The van der Waals surface area contributed by atoms with Gasteiger partial charge in [0, 0.05) is 18.8 Å². The van der Waals surface area contributed by atoms with E-state index in [1.807, 2.05) is 16.7 Å². The molecule has 88 valence electrons. The smallest absolute Gasteiger partial charge is 0.445 e. The van der Waals surface area contributed by atoms with Gasteiger partial charge in [-0.1, -0.05) is 6.92 Å². The van der Waals surface area contributed by atoms with E-state index in [0.29, 0.717) is 5.92 Å². The van der Waals surface area contributed by atoms with E-state index < -0.39 is 12.4 Å². The first-order valence-electron chi connectivity index (χ1n) is 5.07. The number of hydrogen-bond donors (Lipinski definition) is 0. The molecule has 0 aromatic rings. The van der Waals surface area contributed by atoms with Crippen LogP contribution in [0, 0.1) is 5.92 Å². The zero-order chi connectivity index (χ0) is 11.5. The van der Waals surface area contributed by atoms with Gasteiger partial charge in [0.2, 0.25) is 0 Å². The van der Waals surface area contributed by atoms with Crippen molar-refractivity contribution in [2.24, 2.45) is 5.92 Å². The van der Waals surface area contributed by atoms with Crippen LogP contribution in [0.1, 0.15) is 6.92 Å². The topological polar surface area (TPSA) is 3.24 Å². The molecule has 1 saturated heterocycles. The fourth-order valence-corrected chi connectivity index (χ4v) is 2.66. The van der Waals surface area contributed by atoms with Crippen LogP contribution < -0.4 is 51.4 Å². The summed E-state index contributed by atoms with van der Waals surface area (Å²) in [6.45, 7) is 1.80. The summed E-state index contributed by atoms with van der Waals surface area (Å²) in [5, 5.41) is 0. The Labute approximate surface area is 142 Å². The van der Waals surface area contributed by atoms with Gasteiger partial charge >= 0.3 is 58.4 Å². The van der Waals surface area contributed by atoms with Crippen molar-refractivity contribution in [1.29, 1.82) is 0 Å². The van der Waals surface area contributed by atoms with Crippen molar-refractivity contribution in [3.05, 3.63) is 12.1 Å². The van der Waals surface area contributed by atoms with Gasteiger partial charge < -0.3 is 17.8 Å². The minimum absolute atomic E-state index is 0. The molecule has 1 unspecified atom stereocenters. The third-order valence-corrected chi connectivity index (χ3v) is 3.69. The second-order valence-electron chi connectivity index (χ2n) is 4.15. The number of rotatable bonds is 3. The van der Waals surface area contributed by atoms with Gasteiger partial charge in [-0.05, 0) is 18.2 Å². The molecule has 7 heteroatoms. The van der Waals surface area contributed by atoms with Crippen LogP contribution in [-0.2, 0) is 0 Å². The summed E-state index contributed by atoms with van der Waals surface area (Å²) in [5.41, 5.74) is -0.575. The normalized spacial score (nSPS) is 23.4. The Morgan fingerprint density at radius 2 is 2.12 bits per heavy atom. The molecule has 1 heterocycles. The third-order valence-electron chi connectivity index (χ3n) is 2.41. The third kappa shape index (κ3) is 6.47. The maximum absolute atomic E-state index is 12.3. The van der Waals surface area contributed by atoms with Gasteiger partial charge in [0.05, 0.1) is 0 Å². The van der Waals surface area contributed by atoms with E-state index in [-0.39, 0.29) is 57.9 Å². The number of hydrogen-bond acceptors (Lipinski definition) is 2. The Morgan fingerprint density at radius 3 is 2.69 bits per heavy atom. The van der Waals surface area contributed by atoms with Gasteiger partial charge in [-0.2, -0.15) is 11.8 Å². The van der Waals surface area contributed by atoms with Gasteiger partial charge in [0.1, 0.15) is 0 Å². The Balaban J connectivity index is 0.00000225. The molecule has 0 spiro atoms. The Hall–Kier alpha value is 1.54. The van der Waals surface area contributed by atoms with E-state index >= 15 is 0 Å². The molecule has 0 N–H and O–H groups in total. The Morgan fingerprint density at radius 1 is 1.50 bits per heavy atom. The van der Waals surface area contributed by atoms with Gasteiger partial charge in [-0.3, -0.25) is 0 Å². The second kappa shape index (κ2) is 7.86. The summed E-state index contributed by atoms with van der Waals surface area (Å²) >= 11 is 1.81. The maximum atomic E-state index is 12.3. The fourth-order valence-electron chi connectivity index (χ4n) is 1.60. The van der Waals surface area contributed by atoms with Crippen LogP contribution in [0.3, 0.4) is 0 Å². The van der Waals surface area contributed by atoms with Crippen molar-refractivity contribution < 1.29 is 64.3 Å². The molecule has 1 aliphatic heterocycles. The van der Waals surface area contributed by atoms with Crippen molar-refractivity contribution >= 4 is 18.7 Å². The van der Waals surface area contributed by atoms with Crippen LogP contribution in [0.5, 0.6) is 0 Å². The maximum Gasteiger partial charge on any atom is 1.00 e. The molecule has 0 bridgehead atoms. The SMILES string of the molecule is C=C(CN1CCSCC(C)C1)[B-](F)(F)F.[K+]. The molecule has 0 radical (unpaired) electrons. The predicted octanol–water partition coefficient (Wildman–Crippen LogP) is -0.382. The molecule has 16 heavy (non-hydrogen) atoms. The first kappa shape index (κ1) is 17.5. The summed E-state index contributed by atoms with van der Waals surface area (Å²) in [4.78, 5) is 1.86. The molecule has 0 aliphatic carbocycles. The van der Waals surface area contributed by atoms with Crippen molar-refractivity contribution in [2.75, 3.05) is 31.1 Å². The van der Waals surface area contributed by atoms with E-state index in [0.717, 1.165) is 24.6 Å². The summed E-state index contributed by atoms with van der Waals surface area (Å²) in [6, 6.07) is 0. The van der Waals surface area contributed by atoms with Crippen LogP contribution >= 0.6 is 11.8 Å². The average Bonchev–Trinajstić information content (AvgIpc) is 2.28. The van der Waals surface area contributed by atoms with E-state index in [2.05, 4.69) is 13.5 Å². The molecular formula is C9H16BF3KNS. The summed E-state index contributed by atoms with van der Waals surface area (Å²) in [5.74, 6) is 2.42. The summed E-state index contributed by atoms with van der Waals surface area (Å²) in [7, 11) is 0. The minimum Gasteiger partial charge on any atom is -0.445 e. The monoisotopic (exact) mass is 277 g/mol. The molecule has 1 atom stereocenters. The molecule has 0 amide bonds. The molecule has 0 aromatic heterocycles. The average molecular weight is 277 g/mol. The molecule has 0 aromatic carbocycles. The van der Waals surface area contributed by atoms with E-state index in [1.54, 1.807) is 0 Å². The first-order chi connectivity index (χ1) is 6.89. The fraction of sp³-hybridized carbons (Fsp3) is 0.778. The Bertz CT molecular complexity index is 237. The van der Waals surface area contributed by atoms with Gasteiger partial charge in [-0.15, -0.1) is 12.1 Å². The van der Waals surface area contributed by atoms with Crippen LogP contribution in [0.15, 0.2) is 12.1 Å². The zero-order valence-corrected chi connectivity index (χ0v) is 13.8. The summed E-state index contributed by atoms with van der Waals surface area (Å²) < 4.78 is 37.0. The molecule has 1 aliphatic rings. The number of thioether (sulfide) groups is 1. The molecular weight excluding hydrogens is 261 g/mol. The van der Waals surface area contributed by atoms with Crippen LogP contribution in [0.2, 0.25) is 0 Å². The van der Waals surface area contributed by atoms with Crippen molar-refractivity contribution in [1.82, 2.24) is 4.90 Å². The van der Waals surface area contributed by atoms with Crippen molar-refractivity contribution in [2.45, 2.75) is 6.92 Å². The van der Waals surface area contributed by atoms with Crippen LogP contribution in [0.4, 0.5) is 12.9 Å². The molecule has 0 saturated carbocycles. The summed E-state index contributed by atoms with van der Waals surface area (Å²) in [6.07, 6.45) is 0.